The number of rotatable bonds is 5. The van der Waals surface area contributed by atoms with Crippen LogP contribution in [-0.4, -0.2) is 38.6 Å². The van der Waals surface area contributed by atoms with Crippen molar-refractivity contribution in [3.63, 3.8) is 0 Å². The smallest absolute Gasteiger partial charge is 0.306 e. The third kappa shape index (κ3) is 4.00. The highest BCUT2D eigenvalue weighted by Gasteiger charge is 2.30. The third-order valence-corrected chi connectivity index (χ3v) is 6.52. The highest BCUT2D eigenvalue weighted by atomic mass is 16.5. The highest BCUT2D eigenvalue weighted by molar-refractivity contribution is 5.94. The molecule has 1 atom stereocenters. The maximum absolute atomic E-state index is 13.3. The summed E-state index contributed by atoms with van der Waals surface area (Å²) in [5.41, 5.74) is -0.589. The fourth-order valence-corrected chi connectivity index (χ4v) is 4.71. The van der Waals surface area contributed by atoms with E-state index >= 15 is 0 Å². The molecule has 0 bridgehead atoms. The van der Waals surface area contributed by atoms with E-state index in [1.165, 1.54) is 13.2 Å². The number of ether oxygens (including phenoxy) is 1. The van der Waals surface area contributed by atoms with E-state index in [-0.39, 0.29) is 28.9 Å². The van der Waals surface area contributed by atoms with Crippen LogP contribution < -0.4 is 5.43 Å². The van der Waals surface area contributed by atoms with Crippen LogP contribution in [0, 0.1) is 0 Å². The molecule has 0 fully saturated rings. The molecule has 4 aromatic carbocycles. The average Bonchev–Trinajstić information content (AvgIpc) is 2.90. The largest absolute Gasteiger partial charge is 0.507 e. The molecule has 5 N–H and O–H groups in total. The van der Waals surface area contributed by atoms with Crippen LogP contribution in [0.2, 0.25) is 0 Å². The zero-order chi connectivity index (χ0) is 27.1. The first-order valence-electron chi connectivity index (χ1n) is 11.5. The molecular weight excluding hydrogens is 492 g/mol. The number of carbonyl (C=O) groups excluding carboxylic acids is 1. The quantitative estimate of drug-likeness (QED) is 0.163. The molecule has 9 heteroatoms. The average molecular weight is 514 g/mol. The lowest BCUT2D eigenvalue weighted by Gasteiger charge is -2.22. The lowest BCUT2D eigenvalue weighted by molar-refractivity contribution is -0.140. The molecule has 0 saturated heterocycles. The van der Waals surface area contributed by atoms with Gasteiger partial charge in [-0.25, -0.2) is 0 Å². The number of phenols is 4. The first-order valence-corrected chi connectivity index (χ1v) is 11.5. The number of phenolic OH excluding ortho intramolecular Hbond substituents is 4. The van der Waals surface area contributed by atoms with Crippen LogP contribution in [-0.2, 0) is 9.53 Å². The molecule has 1 aromatic heterocycles. The zero-order valence-electron chi connectivity index (χ0n) is 20.0. The van der Waals surface area contributed by atoms with Crippen LogP contribution in [0.15, 0.2) is 75.9 Å². The minimum atomic E-state index is -0.998. The summed E-state index contributed by atoms with van der Waals surface area (Å²) >= 11 is 0. The van der Waals surface area contributed by atoms with E-state index < -0.39 is 51.4 Å². The molecule has 9 nitrogen and oxygen atoms in total. The molecule has 0 amide bonds. The van der Waals surface area contributed by atoms with Gasteiger partial charge in [-0.05, 0) is 34.5 Å². The van der Waals surface area contributed by atoms with E-state index in [0.29, 0.717) is 5.56 Å². The van der Waals surface area contributed by atoms with E-state index in [9.17, 15) is 35.1 Å². The summed E-state index contributed by atoms with van der Waals surface area (Å²) < 4.78 is 10.9. The van der Waals surface area contributed by atoms with Gasteiger partial charge < -0.3 is 34.7 Å². The van der Waals surface area contributed by atoms with Gasteiger partial charge in [-0.2, -0.15) is 0 Å². The molecule has 0 unspecified atom stereocenters. The monoisotopic (exact) mass is 514 g/mol. The van der Waals surface area contributed by atoms with Crippen molar-refractivity contribution >= 4 is 27.7 Å². The van der Waals surface area contributed by atoms with E-state index in [0.717, 1.165) is 29.0 Å². The van der Waals surface area contributed by atoms with Crippen LogP contribution in [0.3, 0.4) is 0 Å². The second-order valence-electron chi connectivity index (χ2n) is 8.75. The normalized spacial score (nSPS) is 12.0. The first-order chi connectivity index (χ1) is 18.2. The zero-order valence-corrected chi connectivity index (χ0v) is 20.0. The van der Waals surface area contributed by atoms with E-state index in [2.05, 4.69) is 0 Å². The third-order valence-electron chi connectivity index (χ3n) is 6.52. The molecule has 0 aliphatic rings. The van der Waals surface area contributed by atoms with Crippen molar-refractivity contribution in [2.24, 2.45) is 0 Å². The summed E-state index contributed by atoms with van der Waals surface area (Å²) in [6.07, 6.45) is -0.252. The van der Waals surface area contributed by atoms with Gasteiger partial charge >= 0.3 is 5.97 Å². The summed E-state index contributed by atoms with van der Waals surface area (Å²) in [6.45, 7) is 0. The Morgan fingerprint density at radius 3 is 2.34 bits per heavy atom. The second-order valence-corrected chi connectivity index (χ2v) is 8.75. The number of fused-ring (bicyclic) bond motifs is 2. The van der Waals surface area contributed by atoms with Gasteiger partial charge in [0.1, 0.15) is 22.5 Å². The van der Waals surface area contributed by atoms with Crippen LogP contribution in [0.1, 0.15) is 23.5 Å². The van der Waals surface area contributed by atoms with Crippen molar-refractivity contribution in [2.75, 3.05) is 7.11 Å². The number of methoxy groups -OCH3 is 1. The van der Waals surface area contributed by atoms with Crippen molar-refractivity contribution < 1.29 is 39.5 Å². The molecule has 5 aromatic rings. The summed E-state index contributed by atoms with van der Waals surface area (Å²) in [6, 6.07) is 17.3. The summed E-state index contributed by atoms with van der Waals surface area (Å²) in [4.78, 5) is 25.8. The molecule has 38 heavy (non-hydrogen) atoms. The molecule has 5 rings (SSSR count). The number of benzene rings is 4. The van der Waals surface area contributed by atoms with Gasteiger partial charge in [0.05, 0.1) is 13.5 Å². The summed E-state index contributed by atoms with van der Waals surface area (Å²) in [5, 5.41) is 53.2. The van der Waals surface area contributed by atoms with Gasteiger partial charge in [0.2, 0.25) is 11.2 Å². The van der Waals surface area contributed by atoms with Crippen LogP contribution in [0.25, 0.3) is 33.1 Å². The van der Waals surface area contributed by atoms with Crippen LogP contribution in [0.5, 0.6) is 28.7 Å². The lowest BCUT2D eigenvalue weighted by Crippen LogP contribution is -2.13. The molecule has 1 heterocycles. The van der Waals surface area contributed by atoms with Crippen molar-refractivity contribution in [3.05, 3.63) is 88.1 Å². The summed E-state index contributed by atoms with van der Waals surface area (Å²) in [5.74, 6) is -4.78. The molecular formula is C29H22O9. The maximum atomic E-state index is 13.3. The van der Waals surface area contributed by atoms with Gasteiger partial charge in [-0.3, -0.25) is 9.59 Å². The standard InChI is InChI=1S/C29H22O9/c1-37-23(34)12-18(17-8-4-6-14-5-2-3-7-16(14)17)24-21(32)13-22(33)25-26(35)27(36)28(38-29(24)25)15-9-10-19(30)20(31)11-15/h2-11,13,18,30-33,36H,12H2,1H3/t18-/m0/s1. The highest BCUT2D eigenvalue weighted by Crippen LogP contribution is 2.46. The number of esters is 1. The van der Waals surface area contributed by atoms with Crippen LogP contribution >= 0.6 is 0 Å². The Morgan fingerprint density at radius 2 is 1.61 bits per heavy atom. The SMILES string of the molecule is COC(=O)C[C@@H](c1cccc2ccccc12)c1c(O)cc(O)c2c(=O)c(O)c(-c3ccc(O)c(O)c3)oc12. The predicted octanol–water partition coefficient (Wildman–Crippen LogP) is 4.84. The van der Waals surface area contributed by atoms with Gasteiger partial charge in [-0.1, -0.05) is 42.5 Å². The minimum absolute atomic E-state index is 0.0147. The minimum Gasteiger partial charge on any atom is -0.507 e. The Balaban J connectivity index is 1.88. The van der Waals surface area contributed by atoms with Crippen LogP contribution in [0.4, 0.5) is 0 Å². The first kappa shape index (κ1) is 24.5. The van der Waals surface area contributed by atoms with E-state index in [1.807, 2.05) is 30.3 Å². The molecule has 192 valence electrons. The number of aromatic hydroxyl groups is 5. The van der Waals surface area contributed by atoms with Crippen molar-refractivity contribution in [3.8, 4) is 40.1 Å². The molecule has 0 aliphatic heterocycles. The van der Waals surface area contributed by atoms with E-state index in [4.69, 9.17) is 9.15 Å². The summed E-state index contributed by atoms with van der Waals surface area (Å²) in [7, 11) is 1.23. The Hall–Kier alpha value is -5.18. The Bertz CT molecular complexity index is 1780. The molecule has 0 radical (unpaired) electrons. The van der Waals surface area contributed by atoms with Gasteiger partial charge in [0, 0.05) is 23.1 Å². The number of carbonyl (C=O) groups is 1. The van der Waals surface area contributed by atoms with Gasteiger partial charge in [0.25, 0.3) is 0 Å². The van der Waals surface area contributed by atoms with Crippen molar-refractivity contribution in [1.29, 1.82) is 0 Å². The van der Waals surface area contributed by atoms with Crippen molar-refractivity contribution in [2.45, 2.75) is 12.3 Å². The maximum Gasteiger partial charge on any atom is 0.306 e. The Labute approximate surface area is 215 Å². The van der Waals surface area contributed by atoms with Gasteiger partial charge in [-0.15, -0.1) is 0 Å². The van der Waals surface area contributed by atoms with Gasteiger partial charge in [0.15, 0.2) is 17.3 Å². The Morgan fingerprint density at radius 1 is 0.868 bits per heavy atom. The van der Waals surface area contributed by atoms with E-state index in [1.54, 1.807) is 12.1 Å². The molecule has 0 spiro atoms. The lowest BCUT2D eigenvalue weighted by atomic mass is 9.84. The molecule has 0 aliphatic carbocycles. The number of hydrogen-bond acceptors (Lipinski definition) is 9. The number of hydrogen-bond donors (Lipinski definition) is 5. The fourth-order valence-electron chi connectivity index (χ4n) is 4.71. The topological polar surface area (TPSA) is 158 Å². The molecule has 0 saturated carbocycles. The second kappa shape index (κ2) is 9.36. The van der Waals surface area contributed by atoms with Crippen molar-refractivity contribution in [1.82, 2.24) is 0 Å². The predicted molar refractivity (Wildman–Crippen MR) is 139 cm³/mol. The Kier molecular flexibility index (Phi) is 6.04. The fraction of sp³-hybridized carbons (Fsp3) is 0.103.